The lowest BCUT2D eigenvalue weighted by molar-refractivity contribution is 0.0919. The highest BCUT2D eigenvalue weighted by Gasteiger charge is 2.30. The summed E-state index contributed by atoms with van der Waals surface area (Å²) in [5.74, 6) is 0.632. The van der Waals surface area contributed by atoms with Crippen molar-refractivity contribution in [1.29, 1.82) is 0 Å². The number of hydrogen-bond donors (Lipinski definition) is 3. The zero-order valence-electron chi connectivity index (χ0n) is 22.4. The SMILES string of the molecule is CC(C)CCN(C(=O)N[C@@H](CCc1ccccc1)C(O)c1nc2ccccc2[nH]1)C(=O)OCc1ccccc1. The molecule has 8 heteroatoms. The highest BCUT2D eigenvalue weighted by molar-refractivity contribution is 5.91. The molecule has 39 heavy (non-hydrogen) atoms. The van der Waals surface area contributed by atoms with Gasteiger partial charge in [0.15, 0.2) is 0 Å². The Morgan fingerprint density at radius 1 is 0.923 bits per heavy atom. The van der Waals surface area contributed by atoms with Crippen LogP contribution in [0.15, 0.2) is 84.9 Å². The van der Waals surface area contributed by atoms with Gasteiger partial charge in [0.1, 0.15) is 18.5 Å². The summed E-state index contributed by atoms with van der Waals surface area (Å²) in [4.78, 5) is 35.3. The van der Waals surface area contributed by atoms with Gasteiger partial charge in [-0.1, -0.05) is 86.6 Å². The van der Waals surface area contributed by atoms with Crippen LogP contribution in [0.3, 0.4) is 0 Å². The first kappa shape index (κ1) is 27.9. The summed E-state index contributed by atoms with van der Waals surface area (Å²) < 4.78 is 5.48. The second kappa shape index (κ2) is 13.6. The molecule has 3 N–H and O–H groups in total. The Balaban J connectivity index is 1.52. The Kier molecular flexibility index (Phi) is 9.69. The van der Waals surface area contributed by atoms with E-state index in [1.165, 1.54) is 0 Å². The van der Waals surface area contributed by atoms with Gasteiger partial charge in [-0.25, -0.2) is 19.5 Å². The standard InChI is InChI=1S/C31H36N4O4/c1-22(2)19-20-35(31(38)39-21-24-13-7-4-8-14-24)30(37)34-27(18-17-23-11-5-3-6-12-23)28(36)29-32-25-15-9-10-16-26(25)33-29/h3-16,22,27-28,36H,17-21H2,1-2H3,(H,32,33)(H,34,37)/t27-,28?/m0/s1. The van der Waals surface area contributed by atoms with E-state index in [4.69, 9.17) is 4.74 Å². The summed E-state index contributed by atoms with van der Waals surface area (Å²) in [6.07, 6.45) is -0.165. The first-order chi connectivity index (χ1) is 18.9. The Morgan fingerprint density at radius 3 is 2.23 bits per heavy atom. The normalized spacial score (nSPS) is 12.7. The van der Waals surface area contributed by atoms with Crippen LogP contribution in [0.2, 0.25) is 0 Å². The number of imide groups is 1. The smallest absolute Gasteiger partial charge is 0.418 e. The number of urea groups is 1. The molecule has 0 aliphatic heterocycles. The second-order valence-corrected chi connectivity index (χ2v) is 10.0. The number of ether oxygens (including phenoxy) is 1. The average Bonchev–Trinajstić information content (AvgIpc) is 3.39. The van der Waals surface area contributed by atoms with E-state index in [1.807, 2.05) is 98.8 Å². The van der Waals surface area contributed by atoms with Crippen molar-refractivity contribution in [2.45, 2.75) is 51.9 Å². The number of imidazole rings is 1. The predicted molar refractivity (Wildman–Crippen MR) is 151 cm³/mol. The lowest BCUT2D eigenvalue weighted by atomic mass is 10.0. The number of nitrogens with one attached hydrogen (secondary N) is 2. The summed E-state index contributed by atoms with van der Waals surface area (Å²) in [6.45, 7) is 4.31. The molecule has 204 valence electrons. The monoisotopic (exact) mass is 528 g/mol. The quantitative estimate of drug-likeness (QED) is 0.222. The minimum absolute atomic E-state index is 0.0597. The molecule has 1 heterocycles. The molecule has 2 atom stereocenters. The van der Waals surface area contributed by atoms with Crippen LogP contribution >= 0.6 is 0 Å². The molecule has 0 aliphatic carbocycles. The number of aliphatic hydroxyl groups excluding tert-OH is 1. The van der Waals surface area contributed by atoms with Gasteiger partial charge in [0.05, 0.1) is 17.1 Å². The van der Waals surface area contributed by atoms with Crippen LogP contribution in [0, 0.1) is 5.92 Å². The van der Waals surface area contributed by atoms with Crippen LogP contribution in [0.1, 0.15) is 49.7 Å². The van der Waals surface area contributed by atoms with Gasteiger partial charge in [0.25, 0.3) is 0 Å². The van der Waals surface area contributed by atoms with Crippen molar-refractivity contribution in [2.24, 2.45) is 5.92 Å². The summed E-state index contributed by atoms with van der Waals surface area (Å²) >= 11 is 0. The van der Waals surface area contributed by atoms with E-state index in [1.54, 1.807) is 0 Å². The van der Waals surface area contributed by atoms with E-state index in [2.05, 4.69) is 15.3 Å². The van der Waals surface area contributed by atoms with Crippen molar-refractivity contribution >= 4 is 23.2 Å². The minimum atomic E-state index is -1.11. The minimum Gasteiger partial charge on any atom is -0.444 e. The van der Waals surface area contributed by atoms with E-state index in [-0.39, 0.29) is 19.1 Å². The average molecular weight is 529 g/mol. The number of fused-ring (bicyclic) bond motifs is 1. The number of aliphatic hydroxyl groups is 1. The molecule has 8 nitrogen and oxygen atoms in total. The highest BCUT2D eigenvalue weighted by atomic mass is 16.6. The molecule has 1 unspecified atom stereocenters. The van der Waals surface area contributed by atoms with Crippen molar-refractivity contribution in [3.05, 3.63) is 102 Å². The Hall–Kier alpha value is -4.17. The zero-order chi connectivity index (χ0) is 27.6. The van der Waals surface area contributed by atoms with E-state index >= 15 is 0 Å². The molecule has 3 amide bonds. The molecule has 0 fully saturated rings. The largest absolute Gasteiger partial charge is 0.444 e. The number of aryl methyl sites for hydroxylation is 1. The number of aromatic nitrogens is 2. The molecule has 4 rings (SSSR count). The van der Waals surface area contributed by atoms with Crippen molar-refractivity contribution in [3.63, 3.8) is 0 Å². The Labute approximate surface area is 229 Å². The zero-order valence-corrected chi connectivity index (χ0v) is 22.4. The first-order valence-electron chi connectivity index (χ1n) is 13.4. The van der Waals surface area contributed by atoms with E-state index in [9.17, 15) is 14.7 Å². The van der Waals surface area contributed by atoms with E-state index in [0.717, 1.165) is 27.1 Å². The summed E-state index contributed by atoms with van der Waals surface area (Å²) in [7, 11) is 0. The summed E-state index contributed by atoms with van der Waals surface area (Å²) in [6, 6.07) is 25.4. The molecule has 3 aromatic carbocycles. The van der Waals surface area contributed by atoms with Crippen molar-refractivity contribution in [1.82, 2.24) is 20.2 Å². The van der Waals surface area contributed by atoms with Crippen LogP contribution in [0.4, 0.5) is 9.59 Å². The number of para-hydroxylation sites is 2. The summed E-state index contributed by atoms with van der Waals surface area (Å²) in [5, 5.41) is 14.3. The molecule has 1 aromatic heterocycles. The first-order valence-corrected chi connectivity index (χ1v) is 13.4. The summed E-state index contributed by atoms with van der Waals surface area (Å²) in [5.41, 5.74) is 3.43. The number of rotatable bonds is 11. The van der Waals surface area contributed by atoms with E-state index < -0.39 is 24.3 Å². The molecular formula is C31H36N4O4. The van der Waals surface area contributed by atoms with Crippen LogP contribution < -0.4 is 5.32 Å². The van der Waals surface area contributed by atoms with Gasteiger partial charge in [-0.3, -0.25) is 0 Å². The van der Waals surface area contributed by atoms with Gasteiger partial charge in [-0.15, -0.1) is 0 Å². The number of carbonyl (C=O) groups is 2. The maximum atomic E-state index is 13.5. The number of H-pyrrole nitrogens is 1. The van der Waals surface area contributed by atoms with Gasteiger partial charge in [-0.2, -0.15) is 0 Å². The van der Waals surface area contributed by atoms with Crippen LogP contribution in [0.5, 0.6) is 0 Å². The fraction of sp³-hybridized carbons (Fsp3) is 0.323. The fourth-order valence-electron chi connectivity index (χ4n) is 4.28. The number of aromatic amines is 1. The molecular weight excluding hydrogens is 492 g/mol. The van der Waals surface area contributed by atoms with Crippen LogP contribution in [-0.2, 0) is 17.8 Å². The third-order valence-electron chi connectivity index (χ3n) is 6.57. The molecule has 0 radical (unpaired) electrons. The van der Waals surface area contributed by atoms with Gasteiger partial charge in [0.2, 0.25) is 0 Å². The molecule has 4 aromatic rings. The van der Waals surface area contributed by atoms with E-state index in [0.29, 0.717) is 25.1 Å². The van der Waals surface area contributed by atoms with Crippen molar-refractivity contribution in [3.8, 4) is 0 Å². The predicted octanol–water partition coefficient (Wildman–Crippen LogP) is 5.99. The topological polar surface area (TPSA) is 108 Å². The molecule has 0 bridgehead atoms. The van der Waals surface area contributed by atoms with Crippen LogP contribution in [0.25, 0.3) is 11.0 Å². The lowest BCUT2D eigenvalue weighted by Gasteiger charge is -2.27. The molecule has 0 aliphatic rings. The number of carbonyl (C=O) groups excluding carboxylic acids is 2. The van der Waals surface area contributed by atoms with Crippen molar-refractivity contribution in [2.75, 3.05) is 6.54 Å². The maximum Gasteiger partial charge on any atom is 0.418 e. The number of nitrogens with zero attached hydrogens (tertiary/aromatic N) is 2. The second-order valence-electron chi connectivity index (χ2n) is 10.0. The number of amides is 3. The Bertz CT molecular complexity index is 1310. The van der Waals surface area contributed by atoms with Gasteiger partial charge >= 0.3 is 12.1 Å². The highest BCUT2D eigenvalue weighted by Crippen LogP contribution is 2.22. The third-order valence-corrected chi connectivity index (χ3v) is 6.57. The molecule has 0 saturated heterocycles. The Morgan fingerprint density at radius 2 is 1.56 bits per heavy atom. The van der Waals surface area contributed by atoms with Crippen LogP contribution in [-0.4, -0.2) is 44.7 Å². The molecule has 0 saturated carbocycles. The third kappa shape index (κ3) is 7.91. The van der Waals surface area contributed by atoms with Crippen molar-refractivity contribution < 1.29 is 19.4 Å². The number of hydrogen-bond acceptors (Lipinski definition) is 5. The van der Waals surface area contributed by atoms with Gasteiger partial charge in [0, 0.05) is 6.54 Å². The number of benzene rings is 3. The lowest BCUT2D eigenvalue weighted by Crippen LogP contribution is -2.50. The fourth-order valence-corrected chi connectivity index (χ4v) is 4.28. The van der Waals surface area contributed by atoms with Gasteiger partial charge in [-0.05, 0) is 48.4 Å². The maximum absolute atomic E-state index is 13.5. The van der Waals surface area contributed by atoms with Gasteiger partial charge < -0.3 is 20.1 Å². The molecule has 0 spiro atoms.